The Labute approximate surface area is 232 Å². The fourth-order valence-corrected chi connectivity index (χ4v) is 5.00. The number of unbranched alkanes of at least 4 members (excludes halogenated alkanes) is 1. The first-order valence-electron chi connectivity index (χ1n) is 14.2. The number of nitrogens with zero attached hydrogens (tertiary/aromatic N) is 1. The van der Waals surface area contributed by atoms with E-state index < -0.39 is 18.2 Å². The quantitative estimate of drug-likeness (QED) is 0.247. The third kappa shape index (κ3) is 10.4. The molecule has 214 valence electrons. The summed E-state index contributed by atoms with van der Waals surface area (Å²) in [4.78, 5) is 26.2. The Morgan fingerprint density at radius 2 is 1.69 bits per heavy atom. The lowest BCUT2D eigenvalue weighted by molar-refractivity contribution is -0.149. The van der Waals surface area contributed by atoms with Gasteiger partial charge in [-0.15, -0.1) is 0 Å². The zero-order valence-electron chi connectivity index (χ0n) is 23.3. The Balaban J connectivity index is 1.53. The maximum Gasteiger partial charge on any atom is 0.415 e. The minimum atomic E-state index is -0.976. The average molecular weight is 542 g/mol. The van der Waals surface area contributed by atoms with E-state index in [1.807, 2.05) is 30.3 Å². The monoisotopic (exact) mass is 541 g/mol. The molecule has 8 heteroatoms. The fourth-order valence-electron chi connectivity index (χ4n) is 5.00. The molecule has 1 N–H and O–H groups in total. The number of carboxylic acid groups (broad SMARTS) is 1. The molecule has 2 aromatic rings. The minimum Gasteiger partial charge on any atom is -0.493 e. The molecule has 0 saturated heterocycles. The molecule has 1 aliphatic carbocycles. The molecule has 1 fully saturated rings. The van der Waals surface area contributed by atoms with Crippen LogP contribution in [0.3, 0.4) is 0 Å². The summed E-state index contributed by atoms with van der Waals surface area (Å²) in [6.45, 7) is 3.40. The number of aliphatic carboxylic acids is 1. The first-order valence-corrected chi connectivity index (χ1v) is 14.2. The lowest BCUT2D eigenvalue weighted by Gasteiger charge is -2.24. The molecule has 39 heavy (non-hydrogen) atoms. The summed E-state index contributed by atoms with van der Waals surface area (Å²) >= 11 is 0. The number of hydrogen-bond acceptors (Lipinski definition) is 6. The zero-order chi connectivity index (χ0) is 27.9. The van der Waals surface area contributed by atoms with Crippen LogP contribution in [0.4, 0.5) is 4.79 Å². The molecule has 0 spiro atoms. The van der Waals surface area contributed by atoms with Crippen molar-refractivity contribution in [2.45, 2.75) is 70.8 Å². The van der Waals surface area contributed by atoms with Gasteiger partial charge in [-0.25, -0.2) is 9.59 Å². The van der Waals surface area contributed by atoms with E-state index in [4.69, 9.17) is 18.9 Å². The molecule has 2 aromatic carbocycles. The van der Waals surface area contributed by atoms with E-state index >= 15 is 0 Å². The lowest BCUT2D eigenvalue weighted by Crippen LogP contribution is -2.37. The van der Waals surface area contributed by atoms with Gasteiger partial charge < -0.3 is 29.0 Å². The van der Waals surface area contributed by atoms with Gasteiger partial charge in [-0.3, -0.25) is 0 Å². The smallest absolute Gasteiger partial charge is 0.415 e. The summed E-state index contributed by atoms with van der Waals surface area (Å²) in [5, 5.41) is 9.30. The highest BCUT2D eigenvalue weighted by atomic mass is 16.6. The van der Waals surface area contributed by atoms with Gasteiger partial charge in [0.05, 0.1) is 13.7 Å². The summed E-state index contributed by atoms with van der Waals surface area (Å²) in [6.07, 6.45) is 8.90. The van der Waals surface area contributed by atoms with Crippen molar-refractivity contribution in [1.82, 2.24) is 4.90 Å². The maximum absolute atomic E-state index is 13.1. The van der Waals surface area contributed by atoms with Gasteiger partial charge >= 0.3 is 12.1 Å². The van der Waals surface area contributed by atoms with Crippen molar-refractivity contribution in [1.29, 1.82) is 0 Å². The van der Waals surface area contributed by atoms with Crippen LogP contribution in [0.15, 0.2) is 48.5 Å². The van der Waals surface area contributed by atoms with Crippen LogP contribution in [0.1, 0.15) is 63.9 Å². The summed E-state index contributed by atoms with van der Waals surface area (Å²) in [7, 11) is 1.55. The van der Waals surface area contributed by atoms with Gasteiger partial charge in [0, 0.05) is 19.6 Å². The third-order valence-corrected chi connectivity index (χ3v) is 7.16. The summed E-state index contributed by atoms with van der Waals surface area (Å²) in [5.74, 6) is 1.39. The number of hydrogen-bond donors (Lipinski definition) is 1. The summed E-state index contributed by atoms with van der Waals surface area (Å²) < 4.78 is 22.2. The third-order valence-electron chi connectivity index (χ3n) is 7.16. The molecule has 0 aliphatic heterocycles. The van der Waals surface area contributed by atoms with Gasteiger partial charge in [-0.05, 0) is 49.1 Å². The average Bonchev–Trinajstić information content (AvgIpc) is 2.95. The number of carbonyl (C=O) groups is 2. The normalized spacial score (nSPS) is 14.4. The van der Waals surface area contributed by atoms with Crippen molar-refractivity contribution in [2.24, 2.45) is 5.92 Å². The largest absolute Gasteiger partial charge is 0.493 e. The van der Waals surface area contributed by atoms with Crippen molar-refractivity contribution in [3.8, 4) is 17.2 Å². The van der Waals surface area contributed by atoms with E-state index in [1.165, 1.54) is 38.5 Å². The molecule has 0 radical (unpaired) electrons. The second-order valence-electron chi connectivity index (χ2n) is 9.98. The number of rotatable bonds is 16. The highest BCUT2D eigenvalue weighted by molar-refractivity contribution is 5.73. The topological polar surface area (TPSA) is 94.5 Å². The number of methoxy groups -OCH3 is 1. The summed E-state index contributed by atoms with van der Waals surface area (Å²) in [6, 6.07) is 14.4. The van der Waals surface area contributed by atoms with Crippen LogP contribution >= 0.6 is 0 Å². The Hall–Kier alpha value is -3.26. The predicted octanol–water partition coefficient (Wildman–Crippen LogP) is 6.36. The van der Waals surface area contributed by atoms with Gasteiger partial charge in [0.2, 0.25) is 0 Å². The Kier molecular flexibility index (Phi) is 12.9. The van der Waals surface area contributed by atoms with E-state index in [-0.39, 0.29) is 6.42 Å². The standard InChI is InChI=1S/C31H43NO7/c1-3-37-29(30(33)34)23-25-16-18-26(19-17-25)38-22-21-32(20-10-9-13-24-11-5-4-6-12-24)31(35)39-28-15-8-7-14-27(28)36-2/h7-8,14-19,24,29H,3-6,9-13,20-23H2,1-2H3,(H,33,34). The molecule has 1 aliphatic rings. The number of amides is 1. The molecule has 0 heterocycles. The maximum atomic E-state index is 13.1. The van der Waals surface area contributed by atoms with Crippen LogP contribution in [-0.2, 0) is 16.0 Å². The first kappa shape index (κ1) is 30.3. The Morgan fingerprint density at radius 1 is 0.974 bits per heavy atom. The SMILES string of the molecule is CCOC(Cc1ccc(OCCN(CCCCC2CCCCC2)C(=O)Oc2ccccc2OC)cc1)C(=O)O. The van der Waals surface area contributed by atoms with Crippen molar-refractivity contribution in [3.63, 3.8) is 0 Å². The van der Waals surface area contributed by atoms with Gasteiger partial charge in [0.15, 0.2) is 17.6 Å². The molecule has 1 saturated carbocycles. The Bertz CT molecular complexity index is 1000. The highest BCUT2D eigenvalue weighted by Gasteiger charge is 2.20. The van der Waals surface area contributed by atoms with Crippen LogP contribution in [0.25, 0.3) is 0 Å². The predicted molar refractivity (Wildman–Crippen MR) is 150 cm³/mol. The summed E-state index contributed by atoms with van der Waals surface area (Å²) in [5.41, 5.74) is 0.850. The van der Waals surface area contributed by atoms with Crippen LogP contribution in [-0.4, -0.2) is 61.6 Å². The number of carbonyl (C=O) groups excluding carboxylic acids is 1. The molecule has 1 atom stereocenters. The van der Waals surface area contributed by atoms with Crippen LogP contribution in [0.5, 0.6) is 17.2 Å². The fraction of sp³-hybridized carbons (Fsp3) is 0.548. The van der Waals surface area contributed by atoms with E-state index in [2.05, 4.69) is 0 Å². The molecule has 0 aromatic heterocycles. The van der Waals surface area contributed by atoms with Gasteiger partial charge in [0.25, 0.3) is 0 Å². The molecular formula is C31H43NO7. The number of carboxylic acids is 1. The second kappa shape index (κ2) is 16.6. The van der Waals surface area contributed by atoms with Gasteiger partial charge in [0.1, 0.15) is 12.4 Å². The van der Waals surface area contributed by atoms with Crippen molar-refractivity contribution >= 4 is 12.1 Å². The highest BCUT2D eigenvalue weighted by Crippen LogP contribution is 2.28. The van der Waals surface area contributed by atoms with Crippen molar-refractivity contribution in [2.75, 3.05) is 33.4 Å². The van der Waals surface area contributed by atoms with Crippen LogP contribution in [0.2, 0.25) is 0 Å². The number of benzene rings is 2. The van der Waals surface area contributed by atoms with E-state index in [0.29, 0.717) is 43.6 Å². The van der Waals surface area contributed by atoms with E-state index in [1.54, 1.807) is 37.1 Å². The molecule has 8 nitrogen and oxygen atoms in total. The van der Waals surface area contributed by atoms with Crippen molar-refractivity contribution < 1.29 is 33.6 Å². The van der Waals surface area contributed by atoms with Gasteiger partial charge in [-0.1, -0.05) is 69.2 Å². The molecule has 1 amide bonds. The van der Waals surface area contributed by atoms with Crippen molar-refractivity contribution in [3.05, 3.63) is 54.1 Å². The van der Waals surface area contributed by atoms with E-state index in [0.717, 1.165) is 24.3 Å². The minimum absolute atomic E-state index is 0.285. The Morgan fingerprint density at radius 3 is 2.36 bits per heavy atom. The lowest BCUT2D eigenvalue weighted by atomic mass is 9.86. The number of para-hydroxylation sites is 2. The van der Waals surface area contributed by atoms with Gasteiger partial charge in [-0.2, -0.15) is 0 Å². The molecule has 1 unspecified atom stereocenters. The molecule has 0 bridgehead atoms. The van der Waals surface area contributed by atoms with Crippen LogP contribution in [0, 0.1) is 5.92 Å². The molecular weight excluding hydrogens is 498 g/mol. The first-order chi connectivity index (χ1) is 19.0. The molecule has 3 rings (SSSR count). The van der Waals surface area contributed by atoms with E-state index in [9.17, 15) is 14.7 Å². The zero-order valence-corrected chi connectivity index (χ0v) is 23.3. The number of ether oxygens (including phenoxy) is 4. The van der Waals surface area contributed by atoms with Crippen LogP contribution < -0.4 is 14.2 Å². The second-order valence-corrected chi connectivity index (χ2v) is 9.98.